The van der Waals surface area contributed by atoms with E-state index in [9.17, 15) is 14.7 Å². The van der Waals surface area contributed by atoms with Crippen molar-refractivity contribution in [1.29, 1.82) is 0 Å². The number of rotatable bonds is 3. The third-order valence-corrected chi connectivity index (χ3v) is 4.77. The summed E-state index contributed by atoms with van der Waals surface area (Å²) >= 11 is 1.36. The van der Waals surface area contributed by atoms with Gasteiger partial charge >= 0.3 is 5.97 Å². The number of carbonyl (C=O) groups is 2. The average molecular weight is 278 g/mol. The molecule has 2 N–H and O–H groups in total. The van der Waals surface area contributed by atoms with Crippen LogP contribution in [0.1, 0.15) is 12.1 Å². The van der Waals surface area contributed by atoms with Crippen molar-refractivity contribution in [3.05, 3.63) is 23.2 Å². The fourth-order valence-electron chi connectivity index (χ4n) is 3.12. The molecule has 1 aromatic rings. The lowest BCUT2D eigenvalue weighted by atomic mass is 9.82. The van der Waals surface area contributed by atoms with Crippen LogP contribution in [0.4, 0.5) is 5.13 Å². The molecule has 1 fully saturated rings. The van der Waals surface area contributed by atoms with Crippen LogP contribution in [0.5, 0.6) is 0 Å². The van der Waals surface area contributed by atoms with E-state index in [4.69, 9.17) is 0 Å². The Balaban J connectivity index is 1.79. The Labute approximate surface area is 114 Å². The minimum Gasteiger partial charge on any atom is -0.481 e. The lowest BCUT2D eigenvalue weighted by molar-refractivity contribution is -0.146. The van der Waals surface area contributed by atoms with Crippen LogP contribution in [-0.2, 0) is 9.59 Å². The van der Waals surface area contributed by atoms with Crippen LogP contribution in [0, 0.1) is 30.6 Å². The lowest BCUT2D eigenvalue weighted by Crippen LogP contribution is -2.36. The first-order valence-corrected chi connectivity index (χ1v) is 7.08. The maximum Gasteiger partial charge on any atom is 0.307 e. The predicted octanol–water partition coefficient (Wildman–Crippen LogP) is 1.91. The molecule has 100 valence electrons. The third-order valence-electron chi connectivity index (χ3n) is 3.90. The maximum atomic E-state index is 12.3. The Bertz CT molecular complexity index is 566. The van der Waals surface area contributed by atoms with Crippen molar-refractivity contribution in [1.82, 2.24) is 4.98 Å². The van der Waals surface area contributed by atoms with Crippen LogP contribution < -0.4 is 5.32 Å². The molecule has 2 aliphatic rings. The smallest absolute Gasteiger partial charge is 0.307 e. The summed E-state index contributed by atoms with van der Waals surface area (Å²) in [5, 5.41) is 14.4. The first-order valence-electron chi connectivity index (χ1n) is 6.20. The monoisotopic (exact) mass is 278 g/mol. The second kappa shape index (κ2) is 4.45. The normalized spacial score (nSPS) is 31.6. The second-order valence-electron chi connectivity index (χ2n) is 5.12. The standard InChI is InChI=1S/C13H14N2O3S/c1-6-5-19-13(14-6)15-11(16)9-7-2-3-8(4-7)10(9)12(17)18/h2-3,5,7-10H,4H2,1H3,(H,17,18)(H,14,15,16)/t7-,8+,9+,10+/m1/s1. The lowest BCUT2D eigenvalue weighted by Gasteiger charge is -2.23. The van der Waals surface area contributed by atoms with E-state index in [-0.39, 0.29) is 17.7 Å². The van der Waals surface area contributed by atoms with Gasteiger partial charge in [-0.15, -0.1) is 11.3 Å². The number of carbonyl (C=O) groups excluding carboxylic acids is 1. The molecule has 2 aliphatic carbocycles. The summed E-state index contributed by atoms with van der Waals surface area (Å²) in [7, 11) is 0. The molecule has 3 rings (SSSR count). The molecule has 0 radical (unpaired) electrons. The highest BCUT2D eigenvalue weighted by molar-refractivity contribution is 7.13. The molecule has 0 saturated heterocycles. The number of fused-ring (bicyclic) bond motifs is 2. The molecule has 4 atom stereocenters. The van der Waals surface area contributed by atoms with E-state index in [1.807, 2.05) is 24.5 Å². The first kappa shape index (κ1) is 12.3. The van der Waals surface area contributed by atoms with E-state index in [0.29, 0.717) is 5.13 Å². The molecule has 1 saturated carbocycles. The molecule has 19 heavy (non-hydrogen) atoms. The fraction of sp³-hybridized carbons (Fsp3) is 0.462. The van der Waals surface area contributed by atoms with E-state index in [0.717, 1.165) is 12.1 Å². The van der Waals surface area contributed by atoms with Crippen LogP contribution in [0.15, 0.2) is 17.5 Å². The summed E-state index contributed by atoms with van der Waals surface area (Å²) in [6, 6.07) is 0. The van der Waals surface area contributed by atoms with E-state index in [2.05, 4.69) is 10.3 Å². The molecular formula is C13H14N2O3S. The molecule has 0 aromatic carbocycles. The number of hydrogen-bond acceptors (Lipinski definition) is 4. The number of anilines is 1. The quantitative estimate of drug-likeness (QED) is 0.828. The van der Waals surface area contributed by atoms with Gasteiger partial charge in [0.25, 0.3) is 0 Å². The Morgan fingerprint density at radius 1 is 1.37 bits per heavy atom. The molecule has 0 spiro atoms. The van der Waals surface area contributed by atoms with Crippen molar-refractivity contribution < 1.29 is 14.7 Å². The highest BCUT2D eigenvalue weighted by atomic mass is 32.1. The van der Waals surface area contributed by atoms with Crippen molar-refractivity contribution in [2.45, 2.75) is 13.3 Å². The zero-order chi connectivity index (χ0) is 13.6. The van der Waals surface area contributed by atoms with E-state index in [1.54, 1.807) is 0 Å². The topological polar surface area (TPSA) is 79.3 Å². The van der Waals surface area contributed by atoms with Crippen LogP contribution >= 0.6 is 11.3 Å². The van der Waals surface area contributed by atoms with Crippen molar-refractivity contribution in [3.8, 4) is 0 Å². The van der Waals surface area contributed by atoms with Crippen LogP contribution in [0.3, 0.4) is 0 Å². The van der Waals surface area contributed by atoms with Gasteiger partial charge in [-0.1, -0.05) is 12.2 Å². The summed E-state index contributed by atoms with van der Waals surface area (Å²) in [4.78, 5) is 27.8. The SMILES string of the molecule is Cc1csc(NC(=O)[C@@H]2[C@@H](C(=O)O)[C@H]3C=C[C@@H]2C3)n1. The zero-order valence-corrected chi connectivity index (χ0v) is 11.2. The molecule has 0 aliphatic heterocycles. The molecule has 0 unspecified atom stereocenters. The molecular weight excluding hydrogens is 264 g/mol. The van der Waals surface area contributed by atoms with Crippen molar-refractivity contribution in [3.63, 3.8) is 0 Å². The minimum absolute atomic E-state index is 0.00344. The molecule has 1 aromatic heterocycles. The Morgan fingerprint density at radius 3 is 2.63 bits per heavy atom. The van der Waals surface area contributed by atoms with Crippen molar-refractivity contribution in [2.24, 2.45) is 23.7 Å². The number of aliphatic carboxylic acids is 1. The van der Waals surface area contributed by atoms with Gasteiger partial charge in [0.05, 0.1) is 17.5 Å². The molecule has 5 nitrogen and oxygen atoms in total. The Morgan fingerprint density at radius 2 is 2.05 bits per heavy atom. The van der Waals surface area contributed by atoms with Crippen molar-refractivity contribution >= 4 is 28.3 Å². The number of carboxylic acid groups (broad SMARTS) is 1. The van der Waals surface area contributed by atoms with Gasteiger partial charge in [0.15, 0.2) is 5.13 Å². The van der Waals surface area contributed by atoms with Gasteiger partial charge in [0.2, 0.25) is 5.91 Å². The Kier molecular flexibility index (Phi) is 2.89. The predicted molar refractivity (Wildman–Crippen MR) is 70.8 cm³/mol. The van der Waals surface area contributed by atoms with E-state index in [1.165, 1.54) is 11.3 Å². The summed E-state index contributed by atoms with van der Waals surface area (Å²) in [5.41, 5.74) is 0.850. The zero-order valence-electron chi connectivity index (χ0n) is 10.4. The Hall–Kier alpha value is -1.69. The molecule has 1 heterocycles. The van der Waals surface area contributed by atoms with Gasteiger partial charge in [-0.3, -0.25) is 9.59 Å². The van der Waals surface area contributed by atoms with Crippen molar-refractivity contribution in [2.75, 3.05) is 5.32 Å². The van der Waals surface area contributed by atoms with Gasteiger partial charge in [0, 0.05) is 5.38 Å². The number of aryl methyl sites for hydroxylation is 1. The number of thiazole rings is 1. The highest BCUT2D eigenvalue weighted by Crippen LogP contribution is 2.48. The third kappa shape index (κ3) is 2.06. The average Bonchev–Trinajstić information content (AvgIpc) is 3.03. The summed E-state index contributed by atoms with van der Waals surface area (Å²) in [6.45, 7) is 1.85. The fourth-order valence-corrected chi connectivity index (χ4v) is 3.81. The summed E-state index contributed by atoms with van der Waals surface area (Å²) in [5.74, 6) is -2.14. The number of amides is 1. The molecule has 2 bridgehead atoms. The molecule has 6 heteroatoms. The number of carboxylic acids is 1. The van der Waals surface area contributed by atoms with E-state index < -0.39 is 17.8 Å². The van der Waals surface area contributed by atoms with Gasteiger partial charge in [-0.05, 0) is 25.2 Å². The summed E-state index contributed by atoms with van der Waals surface area (Å²) < 4.78 is 0. The number of aromatic nitrogens is 1. The number of nitrogens with zero attached hydrogens (tertiary/aromatic N) is 1. The molecule has 1 amide bonds. The number of hydrogen-bond donors (Lipinski definition) is 2. The minimum atomic E-state index is -0.882. The van der Waals surface area contributed by atoms with Crippen LogP contribution in [-0.4, -0.2) is 22.0 Å². The number of allylic oxidation sites excluding steroid dienone is 2. The van der Waals surface area contributed by atoms with Gasteiger partial charge in [-0.2, -0.15) is 0 Å². The number of nitrogens with one attached hydrogen (secondary N) is 1. The highest BCUT2D eigenvalue weighted by Gasteiger charge is 2.51. The largest absolute Gasteiger partial charge is 0.481 e. The van der Waals surface area contributed by atoms with Gasteiger partial charge < -0.3 is 10.4 Å². The van der Waals surface area contributed by atoms with E-state index >= 15 is 0 Å². The first-order chi connectivity index (χ1) is 9.06. The van der Waals surface area contributed by atoms with Crippen LogP contribution in [0.2, 0.25) is 0 Å². The van der Waals surface area contributed by atoms with Crippen LogP contribution in [0.25, 0.3) is 0 Å². The van der Waals surface area contributed by atoms with Gasteiger partial charge in [0.1, 0.15) is 0 Å². The summed E-state index contributed by atoms with van der Waals surface area (Å²) in [6.07, 6.45) is 4.67. The second-order valence-corrected chi connectivity index (χ2v) is 5.98. The maximum absolute atomic E-state index is 12.3. The van der Waals surface area contributed by atoms with Gasteiger partial charge in [-0.25, -0.2) is 4.98 Å².